The monoisotopic (exact) mass is 175 g/mol. The molecule has 0 fully saturated rings. The molecule has 0 aliphatic heterocycles. The normalized spacial score (nSPS) is 9.50. The van der Waals surface area contributed by atoms with Crippen LogP contribution >= 0.6 is 23.6 Å². The number of aryl methyl sites for hydroxylation is 1. The van der Waals surface area contributed by atoms with Crippen LogP contribution in [0.3, 0.4) is 0 Å². The van der Waals surface area contributed by atoms with Crippen LogP contribution in [0, 0.1) is 6.92 Å². The van der Waals surface area contributed by atoms with Gasteiger partial charge in [-0.15, -0.1) is 0 Å². The van der Waals surface area contributed by atoms with Crippen molar-refractivity contribution >= 4 is 29.2 Å². The largest absolute Gasteiger partial charge is 0.194 e. The molecule has 0 unspecified atom stereocenters. The lowest BCUT2D eigenvalue weighted by atomic mass is 10.2. The van der Waals surface area contributed by atoms with E-state index in [0.29, 0.717) is 0 Å². The van der Waals surface area contributed by atoms with E-state index in [-0.39, 0.29) is 0 Å². The van der Waals surface area contributed by atoms with Crippen LogP contribution in [0.25, 0.3) is 0 Å². The summed E-state index contributed by atoms with van der Waals surface area (Å²) >= 11 is 11.0. The van der Waals surface area contributed by atoms with E-state index < -0.39 is 0 Å². The van der Waals surface area contributed by atoms with Gasteiger partial charge in [0.15, 0.2) is 0 Å². The molecule has 0 radical (unpaired) electrons. The molecule has 1 rings (SSSR count). The minimum atomic E-state index is 0.825. The Hall–Kier alpha value is -0.400. The summed E-state index contributed by atoms with van der Waals surface area (Å²) in [6, 6.07) is 7.64. The molecular weight excluding hydrogens is 169 g/mol. The molecule has 0 saturated heterocycles. The molecule has 0 amide bonds. The first-order chi connectivity index (χ1) is 4.72. The zero-order chi connectivity index (χ0) is 7.56. The SMILES string of the molecule is Cc1ccccc1N(Cl)Cl. The lowest BCUT2D eigenvalue weighted by Crippen LogP contribution is -1.93. The summed E-state index contributed by atoms with van der Waals surface area (Å²) in [5.41, 5.74) is 1.89. The van der Waals surface area contributed by atoms with Crippen LogP contribution in [0.1, 0.15) is 5.56 Å². The number of hydrogen-bond acceptors (Lipinski definition) is 1. The second-order valence-corrected chi connectivity index (χ2v) is 2.87. The van der Waals surface area contributed by atoms with Crippen molar-refractivity contribution in [2.24, 2.45) is 0 Å². The molecule has 54 valence electrons. The number of hydrogen-bond donors (Lipinski definition) is 0. The fourth-order valence-electron chi connectivity index (χ4n) is 0.753. The van der Waals surface area contributed by atoms with Crippen LogP contribution in [0.2, 0.25) is 0 Å². The highest BCUT2D eigenvalue weighted by atomic mass is 35.5. The highest BCUT2D eigenvalue weighted by Crippen LogP contribution is 2.22. The molecule has 0 aliphatic carbocycles. The van der Waals surface area contributed by atoms with Crippen molar-refractivity contribution in [1.29, 1.82) is 0 Å². The van der Waals surface area contributed by atoms with Gasteiger partial charge in [0, 0.05) is 23.6 Å². The van der Waals surface area contributed by atoms with Crippen LogP contribution < -0.4 is 3.94 Å². The molecule has 1 aromatic rings. The fourth-order valence-corrected chi connectivity index (χ4v) is 1.13. The smallest absolute Gasteiger partial charge is 0.0739 e. The van der Waals surface area contributed by atoms with E-state index in [1.54, 1.807) is 0 Å². The minimum Gasteiger partial charge on any atom is -0.194 e. The van der Waals surface area contributed by atoms with Crippen molar-refractivity contribution in [2.45, 2.75) is 6.92 Å². The quantitative estimate of drug-likeness (QED) is 0.594. The highest BCUT2D eigenvalue weighted by molar-refractivity contribution is 6.49. The Kier molecular flexibility index (Phi) is 2.41. The summed E-state index contributed by atoms with van der Waals surface area (Å²) in [7, 11) is 0. The molecule has 0 spiro atoms. The Labute approximate surface area is 70.4 Å². The second kappa shape index (κ2) is 3.13. The molecule has 1 aromatic carbocycles. The maximum atomic E-state index is 5.51. The summed E-state index contributed by atoms with van der Waals surface area (Å²) in [6.07, 6.45) is 0. The lowest BCUT2D eigenvalue weighted by Gasteiger charge is -2.07. The van der Waals surface area contributed by atoms with Gasteiger partial charge in [0.2, 0.25) is 0 Å². The average Bonchev–Trinajstić information content (AvgIpc) is 1.88. The van der Waals surface area contributed by atoms with Gasteiger partial charge in [0.05, 0.1) is 5.69 Å². The Morgan fingerprint density at radius 2 is 1.80 bits per heavy atom. The molecular formula is C7H7Cl2N. The first kappa shape index (κ1) is 7.70. The Morgan fingerprint density at radius 1 is 1.20 bits per heavy atom. The van der Waals surface area contributed by atoms with Gasteiger partial charge in [-0.05, 0) is 18.6 Å². The van der Waals surface area contributed by atoms with Gasteiger partial charge in [-0.3, -0.25) is 0 Å². The van der Waals surface area contributed by atoms with Crippen LogP contribution in [-0.2, 0) is 0 Å². The Balaban J connectivity index is 3.03. The Bertz CT molecular complexity index is 223. The molecule has 0 aliphatic rings. The molecule has 10 heavy (non-hydrogen) atoms. The zero-order valence-corrected chi connectivity index (χ0v) is 7.02. The molecule has 0 bridgehead atoms. The van der Waals surface area contributed by atoms with Gasteiger partial charge in [-0.25, -0.2) is 0 Å². The van der Waals surface area contributed by atoms with Crippen molar-refractivity contribution in [1.82, 2.24) is 0 Å². The van der Waals surface area contributed by atoms with Crippen molar-refractivity contribution in [2.75, 3.05) is 3.94 Å². The summed E-state index contributed by atoms with van der Waals surface area (Å²) in [5.74, 6) is 0. The van der Waals surface area contributed by atoms with Gasteiger partial charge in [-0.2, -0.15) is 3.94 Å². The van der Waals surface area contributed by atoms with Gasteiger partial charge in [0.1, 0.15) is 0 Å². The van der Waals surface area contributed by atoms with Crippen molar-refractivity contribution in [3.8, 4) is 0 Å². The maximum Gasteiger partial charge on any atom is 0.0739 e. The van der Waals surface area contributed by atoms with E-state index in [1.165, 1.54) is 0 Å². The molecule has 0 N–H and O–H groups in total. The van der Waals surface area contributed by atoms with Crippen molar-refractivity contribution < 1.29 is 0 Å². The van der Waals surface area contributed by atoms with Crippen LogP contribution in [0.15, 0.2) is 24.3 Å². The van der Waals surface area contributed by atoms with Crippen molar-refractivity contribution in [3.63, 3.8) is 0 Å². The molecule has 0 saturated carbocycles. The Morgan fingerprint density at radius 3 is 2.20 bits per heavy atom. The number of anilines is 1. The number of benzene rings is 1. The summed E-state index contributed by atoms with van der Waals surface area (Å²) < 4.78 is 1.06. The topological polar surface area (TPSA) is 3.24 Å². The molecule has 3 heteroatoms. The van der Waals surface area contributed by atoms with Crippen LogP contribution in [0.5, 0.6) is 0 Å². The molecule has 0 heterocycles. The van der Waals surface area contributed by atoms with Gasteiger partial charge >= 0.3 is 0 Å². The van der Waals surface area contributed by atoms with E-state index in [1.807, 2.05) is 31.2 Å². The summed E-state index contributed by atoms with van der Waals surface area (Å²) in [5, 5.41) is 0. The molecule has 0 aromatic heterocycles. The predicted molar refractivity (Wildman–Crippen MR) is 45.4 cm³/mol. The van der Waals surface area contributed by atoms with E-state index in [0.717, 1.165) is 15.2 Å². The first-order valence-electron chi connectivity index (χ1n) is 2.89. The first-order valence-corrected chi connectivity index (χ1v) is 3.57. The molecule has 1 nitrogen and oxygen atoms in total. The fraction of sp³-hybridized carbons (Fsp3) is 0.143. The standard InChI is InChI=1S/C7H7Cl2N/c1-6-4-2-3-5-7(6)10(8)9/h2-5H,1H3. The third-order valence-electron chi connectivity index (χ3n) is 1.30. The summed E-state index contributed by atoms with van der Waals surface area (Å²) in [6.45, 7) is 1.95. The second-order valence-electron chi connectivity index (χ2n) is 2.02. The van der Waals surface area contributed by atoms with E-state index in [4.69, 9.17) is 23.6 Å². The third-order valence-corrected chi connectivity index (χ3v) is 1.66. The van der Waals surface area contributed by atoms with Crippen LogP contribution in [-0.4, -0.2) is 0 Å². The summed E-state index contributed by atoms with van der Waals surface area (Å²) in [4.78, 5) is 0. The zero-order valence-electron chi connectivity index (χ0n) is 5.51. The number of para-hydroxylation sites is 1. The maximum absolute atomic E-state index is 5.51. The van der Waals surface area contributed by atoms with Gasteiger partial charge in [0.25, 0.3) is 0 Å². The van der Waals surface area contributed by atoms with E-state index in [2.05, 4.69) is 0 Å². The highest BCUT2D eigenvalue weighted by Gasteiger charge is 2.00. The van der Waals surface area contributed by atoms with E-state index >= 15 is 0 Å². The minimum absolute atomic E-state index is 0.825. The average molecular weight is 176 g/mol. The van der Waals surface area contributed by atoms with Crippen molar-refractivity contribution in [3.05, 3.63) is 29.8 Å². The van der Waals surface area contributed by atoms with Crippen LogP contribution in [0.4, 0.5) is 5.69 Å². The third kappa shape index (κ3) is 1.55. The van der Waals surface area contributed by atoms with Gasteiger partial charge < -0.3 is 0 Å². The molecule has 0 atom stereocenters. The van der Waals surface area contributed by atoms with Gasteiger partial charge in [-0.1, -0.05) is 18.2 Å². The number of halogens is 2. The number of nitrogens with zero attached hydrogens (tertiary/aromatic N) is 1. The lowest BCUT2D eigenvalue weighted by molar-refractivity contribution is 1.43. The predicted octanol–water partition coefficient (Wildman–Crippen LogP) is 3.11. The number of rotatable bonds is 1. The van der Waals surface area contributed by atoms with E-state index in [9.17, 15) is 0 Å².